The van der Waals surface area contributed by atoms with E-state index >= 15 is 0 Å². The van der Waals surface area contributed by atoms with Crippen molar-refractivity contribution < 1.29 is 5.11 Å². The van der Waals surface area contributed by atoms with E-state index in [0.29, 0.717) is 12.6 Å². The second kappa shape index (κ2) is 4.38. The van der Waals surface area contributed by atoms with Crippen LogP contribution in [0.5, 0.6) is 0 Å². The highest BCUT2D eigenvalue weighted by Gasteiger charge is 2.21. The predicted octanol–water partition coefficient (Wildman–Crippen LogP) is 1.63. The lowest BCUT2D eigenvalue weighted by Crippen LogP contribution is -2.23. The van der Waals surface area contributed by atoms with Gasteiger partial charge < -0.3 is 10.4 Å². The van der Waals surface area contributed by atoms with Crippen LogP contribution >= 0.6 is 15.9 Å². The van der Waals surface area contributed by atoms with E-state index in [1.807, 2.05) is 6.07 Å². The Labute approximate surface area is 91.7 Å². The Hall–Kier alpha value is -0.450. The number of aliphatic hydroxyl groups is 1. The second-order valence-electron chi connectivity index (χ2n) is 3.63. The normalized spacial score (nSPS) is 18.1. The molecule has 0 radical (unpaired) electrons. The third-order valence-corrected chi connectivity index (χ3v) is 2.72. The molecule has 1 aromatic heterocycles. The number of aliphatic hydroxyl groups excluding tert-OH is 1. The van der Waals surface area contributed by atoms with Crippen LogP contribution in [0.25, 0.3) is 0 Å². The van der Waals surface area contributed by atoms with Gasteiger partial charge in [-0.2, -0.15) is 0 Å². The molecular weight excluding hydrogens is 244 g/mol. The average molecular weight is 257 g/mol. The number of hydrogen-bond donors (Lipinski definition) is 2. The first-order chi connectivity index (χ1) is 6.75. The van der Waals surface area contributed by atoms with E-state index in [0.717, 1.165) is 10.0 Å². The molecule has 14 heavy (non-hydrogen) atoms. The van der Waals surface area contributed by atoms with Gasteiger partial charge >= 0.3 is 0 Å². The highest BCUT2D eigenvalue weighted by molar-refractivity contribution is 9.10. The SMILES string of the molecule is OC(CNC1CC1)c1cncc(Br)c1. The molecule has 0 amide bonds. The van der Waals surface area contributed by atoms with E-state index in [9.17, 15) is 5.11 Å². The van der Waals surface area contributed by atoms with Crippen LogP contribution in [0.4, 0.5) is 0 Å². The summed E-state index contributed by atoms with van der Waals surface area (Å²) < 4.78 is 0.903. The largest absolute Gasteiger partial charge is 0.387 e. The van der Waals surface area contributed by atoms with E-state index in [1.165, 1.54) is 12.8 Å². The molecule has 1 saturated carbocycles. The van der Waals surface area contributed by atoms with E-state index in [-0.39, 0.29) is 0 Å². The van der Waals surface area contributed by atoms with Crippen LogP contribution in [0.1, 0.15) is 24.5 Å². The van der Waals surface area contributed by atoms with Crippen molar-refractivity contribution in [1.29, 1.82) is 0 Å². The van der Waals surface area contributed by atoms with E-state index in [1.54, 1.807) is 12.4 Å². The Balaban J connectivity index is 1.91. The maximum atomic E-state index is 9.80. The third-order valence-electron chi connectivity index (χ3n) is 2.29. The summed E-state index contributed by atoms with van der Waals surface area (Å²) in [5.41, 5.74) is 0.854. The molecule has 1 aliphatic carbocycles. The highest BCUT2D eigenvalue weighted by Crippen LogP contribution is 2.21. The Kier molecular flexibility index (Phi) is 3.15. The number of aromatic nitrogens is 1. The van der Waals surface area contributed by atoms with Crippen molar-refractivity contribution in [2.24, 2.45) is 0 Å². The molecular formula is C10H13BrN2O. The molecule has 1 aliphatic rings. The molecule has 1 atom stereocenters. The minimum absolute atomic E-state index is 0.458. The summed E-state index contributed by atoms with van der Waals surface area (Å²) in [6.07, 6.45) is 5.43. The van der Waals surface area contributed by atoms with Crippen molar-refractivity contribution in [1.82, 2.24) is 10.3 Å². The Morgan fingerprint density at radius 2 is 2.36 bits per heavy atom. The van der Waals surface area contributed by atoms with Crippen LogP contribution < -0.4 is 5.32 Å². The molecule has 2 rings (SSSR count). The van der Waals surface area contributed by atoms with Gasteiger partial charge in [-0.05, 0) is 34.8 Å². The molecule has 4 heteroatoms. The molecule has 0 spiro atoms. The van der Waals surface area contributed by atoms with Gasteiger partial charge in [0.2, 0.25) is 0 Å². The smallest absolute Gasteiger partial charge is 0.0929 e. The summed E-state index contributed by atoms with van der Waals surface area (Å²) >= 11 is 3.33. The third kappa shape index (κ3) is 2.77. The standard InChI is InChI=1S/C10H13BrN2O/c11-8-3-7(4-12-5-8)10(14)6-13-9-1-2-9/h3-5,9-10,13-14H,1-2,6H2. The average Bonchev–Trinajstić information content (AvgIpc) is 2.97. The van der Waals surface area contributed by atoms with E-state index in [2.05, 4.69) is 26.2 Å². The van der Waals surface area contributed by atoms with Crippen molar-refractivity contribution in [3.63, 3.8) is 0 Å². The van der Waals surface area contributed by atoms with Crippen molar-refractivity contribution in [3.05, 3.63) is 28.5 Å². The zero-order valence-corrected chi connectivity index (χ0v) is 9.37. The van der Waals surface area contributed by atoms with Crippen molar-refractivity contribution >= 4 is 15.9 Å². The van der Waals surface area contributed by atoms with Crippen molar-refractivity contribution in [3.8, 4) is 0 Å². The van der Waals surface area contributed by atoms with Crippen LogP contribution in [-0.2, 0) is 0 Å². The fourth-order valence-corrected chi connectivity index (χ4v) is 1.68. The maximum Gasteiger partial charge on any atom is 0.0929 e. The number of halogens is 1. The molecule has 1 heterocycles. The zero-order valence-electron chi connectivity index (χ0n) is 7.78. The minimum atomic E-state index is -0.458. The summed E-state index contributed by atoms with van der Waals surface area (Å²) in [6, 6.07) is 2.52. The lowest BCUT2D eigenvalue weighted by molar-refractivity contribution is 0.174. The van der Waals surface area contributed by atoms with Gasteiger partial charge in [-0.25, -0.2) is 0 Å². The first-order valence-corrected chi connectivity index (χ1v) is 5.57. The van der Waals surface area contributed by atoms with Crippen molar-refractivity contribution in [2.75, 3.05) is 6.54 Å². The predicted molar refractivity (Wildman–Crippen MR) is 57.9 cm³/mol. The first kappa shape index (κ1) is 10.1. The number of pyridine rings is 1. The Morgan fingerprint density at radius 3 is 3.00 bits per heavy atom. The second-order valence-corrected chi connectivity index (χ2v) is 4.55. The van der Waals surface area contributed by atoms with Crippen LogP contribution in [0.2, 0.25) is 0 Å². The van der Waals surface area contributed by atoms with Gasteiger partial charge in [0, 0.05) is 35.0 Å². The molecule has 0 saturated heterocycles. The molecule has 76 valence electrons. The van der Waals surface area contributed by atoms with Crippen LogP contribution in [0, 0.1) is 0 Å². The number of rotatable bonds is 4. The molecule has 2 N–H and O–H groups in total. The molecule has 1 fully saturated rings. The summed E-state index contributed by atoms with van der Waals surface area (Å²) in [7, 11) is 0. The maximum absolute atomic E-state index is 9.80. The molecule has 0 bridgehead atoms. The topological polar surface area (TPSA) is 45.1 Å². The fourth-order valence-electron chi connectivity index (χ4n) is 1.29. The molecule has 0 aromatic carbocycles. The van der Waals surface area contributed by atoms with Gasteiger partial charge in [0.05, 0.1) is 6.10 Å². The van der Waals surface area contributed by atoms with Gasteiger partial charge in [-0.3, -0.25) is 4.98 Å². The number of nitrogens with one attached hydrogen (secondary N) is 1. The monoisotopic (exact) mass is 256 g/mol. The summed E-state index contributed by atoms with van der Waals surface area (Å²) in [6.45, 7) is 0.614. The number of hydrogen-bond acceptors (Lipinski definition) is 3. The van der Waals surface area contributed by atoms with Crippen molar-refractivity contribution in [2.45, 2.75) is 25.0 Å². The summed E-state index contributed by atoms with van der Waals surface area (Å²) in [5.74, 6) is 0. The molecule has 0 aliphatic heterocycles. The van der Waals surface area contributed by atoms with Gasteiger partial charge in [0.25, 0.3) is 0 Å². The Morgan fingerprint density at radius 1 is 1.57 bits per heavy atom. The van der Waals surface area contributed by atoms with E-state index < -0.39 is 6.10 Å². The van der Waals surface area contributed by atoms with Gasteiger partial charge in [-0.15, -0.1) is 0 Å². The summed E-state index contributed by atoms with van der Waals surface area (Å²) in [5, 5.41) is 13.1. The highest BCUT2D eigenvalue weighted by atomic mass is 79.9. The lowest BCUT2D eigenvalue weighted by Gasteiger charge is -2.11. The van der Waals surface area contributed by atoms with Crippen LogP contribution in [0.15, 0.2) is 22.9 Å². The fraction of sp³-hybridized carbons (Fsp3) is 0.500. The Bertz CT molecular complexity index is 315. The first-order valence-electron chi connectivity index (χ1n) is 4.77. The minimum Gasteiger partial charge on any atom is -0.387 e. The molecule has 1 unspecified atom stereocenters. The molecule has 1 aromatic rings. The van der Waals surface area contributed by atoms with Crippen LogP contribution in [-0.4, -0.2) is 22.7 Å². The quantitative estimate of drug-likeness (QED) is 0.861. The number of nitrogens with zero attached hydrogens (tertiary/aromatic N) is 1. The zero-order chi connectivity index (χ0) is 9.97. The van der Waals surface area contributed by atoms with Gasteiger partial charge in [0.15, 0.2) is 0 Å². The summed E-state index contributed by atoms with van der Waals surface area (Å²) in [4.78, 5) is 4.01. The van der Waals surface area contributed by atoms with Gasteiger partial charge in [0.1, 0.15) is 0 Å². The van der Waals surface area contributed by atoms with Crippen LogP contribution in [0.3, 0.4) is 0 Å². The molecule has 3 nitrogen and oxygen atoms in total. The van der Waals surface area contributed by atoms with E-state index in [4.69, 9.17) is 0 Å². The lowest BCUT2D eigenvalue weighted by atomic mass is 10.1. The van der Waals surface area contributed by atoms with Gasteiger partial charge in [-0.1, -0.05) is 0 Å².